The topological polar surface area (TPSA) is 57.9 Å². The van der Waals surface area contributed by atoms with E-state index >= 15 is 0 Å². The molecule has 3 aliphatic heterocycles. The van der Waals surface area contributed by atoms with Crippen molar-refractivity contribution < 1.29 is 4.79 Å². The molecule has 0 bridgehead atoms. The molecule has 1 fully saturated rings. The number of halogens is 2. The molecule has 0 saturated carbocycles. The van der Waals surface area contributed by atoms with Crippen molar-refractivity contribution in [3.63, 3.8) is 0 Å². The van der Waals surface area contributed by atoms with Crippen molar-refractivity contribution >= 4 is 40.5 Å². The number of rotatable bonds is 2. The second kappa shape index (κ2) is 8.09. The summed E-state index contributed by atoms with van der Waals surface area (Å²) in [5.74, 6) is -0.112. The molecule has 0 spiro atoms. The SMILES string of the molecule is CC1=CN(c2ccc3n(c2=O)CC2CCC(c4ccc(Cl)c(Cl)c4)N2C3=O)CC(C)=NC1. The van der Waals surface area contributed by atoms with Gasteiger partial charge < -0.3 is 14.4 Å². The summed E-state index contributed by atoms with van der Waals surface area (Å²) in [6.45, 7) is 5.68. The molecule has 1 aromatic carbocycles. The lowest BCUT2D eigenvalue weighted by atomic mass is 10.0. The fourth-order valence-electron chi connectivity index (χ4n) is 4.98. The minimum absolute atomic E-state index is 0.0212. The highest BCUT2D eigenvalue weighted by Crippen LogP contribution is 2.41. The van der Waals surface area contributed by atoms with Crippen molar-refractivity contribution in [3.05, 3.63) is 73.8 Å². The molecule has 0 aliphatic carbocycles. The molecule has 166 valence electrons. The summed E-state index contributed by atoms with van der Waals surface area (Å²) in [6, 6.07) is 8.99. The molecule has 6 nitrogen and oxygen atoms in total. The lowest BCUT2D eigenvalue weighted by Gasteiger charge is -2.36. The van der Waals surface area contributed by atoms with Crippen molar-refractivity contribution in [2.24, 2.45) is 4.99 Å². The van der Waals surface area contributed by atoms with Gasteiger partial charge in [0.15, 0.2) is 0 Å². The van der Waals surface area contributed by atoms with Crippen LogP contribution in [0, 0.1) is 0 Å². The average molecular weight is 471 g/mol. The molecule has 5 rings (SSSR count). The van der Waals surface area contributed by atoms with Crippen molar-refractivity contribution in [1.82, 2.24) is 9.47 Å². The minimum atomic E-state index is -0.132. The van der Waals surface area contributed by atoms with Crippen LogP contribution in [0.25, 0.3) is 0 Å². The highest BCUT2D eigenvalue weighted by molar-refractivity contribution is 6.42. The zero-order chi connectivity index (χ0) is 22.6. The second-order valence-electron chi connectivity index (χ2n) is 8.81. The Morgan fingerprint density at radius 1 is 1.03 bits per heavy atom. The number of carbonyl (C=O) groups excluding carboxylic acids is 1. The van der Waals surface area contributed by atoms with Crippen LogP contribution in [-0.4, -0.2) is 40.2 Å². The minimum Gasteiger partial charge on any atom is -0.338 e. The molecule has 1 amide bonds. The zero-order valence-electron chi connectivity index (χ0n) is 18.0. The average Bonchev–Trinajstić information content (AvgIpc) is 3.11. The van der Waals surface area contributed by atoms with Crippen molar-refractivity contribution in [1.29, 1.82) is 0 Å². The molecule has 2 atom stereocenters. The molecule has 0 radical (unpaired) electrons. The normalized spacial score (nSPS) is 22.8. The van der Waals surface area contributed by atoms with Crippen LogP contribution in [0.15, 0.2) is 51.9 Å². The number of anilines is 1. The summed E-state index contributed by atoms with van der Waals surface area (Å²) in [6.07, 6.45) is 3.64. The molecule has 2 aromatic rings. The number of hydrogen-bond donors (Lipinski definition) is 0. The van der Waals surface area contributed by atoms with Gasteiger partial charge >= 0.3 is 0 Å². The molecule has 8 heteroatoms. The van der Waals surface area contributed by atoms with Crippen LogP contribution in [0.1, 0.15) is 48.8 Å². The van der Waals surface area contributed by atoms with E-state index in [1.807, 2.05) is 42.0 Å². The maximum atomic E-state index is 13.5. The lowest BCUT2D eigenvalue weighted by molar-refractivity contribution is 0.0583. The number of pyridine rings is 1. The zero-order valence-corrected chi connectivity index (χ0v) is 19.5. The third kappa shape index (κ3) is 3.55. The predicted molar refractivity (Wildman–Crippen MR) is 128 cm³/mol. The summed E-state index contributed by atoms with van der Waals surface area (Å²) in [5, 5.41) is 0.982. The van der Waals surface area contributed by atoms with E-state index < -0.39 is 0 Å². The van der Waals surface area contributed by atoms with E-state index in [0.29, 0.717) is 41.1 Å². The van der Waals surface area contributed by atoms with Gasteiger partial charge in [-0.15, -0.1) is 0 Å². The van der Waals surface area contributed by atoms with Gasteiger partial charge in [-0.3, -0.25) is 14.6 Å². The standard InChI is InChI=1S/C24H24Cl2N4O2/c1-14-10-27-15(2)12-28(11-14)21-7-8-22-24(32)30-17(13-29(22)23(21)31)4-6-20(30)16-3-5-18(25)19(26)9-16/h3,5,7-9,11,17,20H,4,6,10,12-13H2,1-2H3. The van der Waals surface area contributed by atoms with Gasteiger partial charge in [-0.25, -0.2) is 0 Å². The lowest BCUT2D eigenvalue weighted by Crippen LogP contribution is -2.49. The Kier molecular flexibility index (Phi) is 5.38. The molecular weight excluding hydrogens is 447 g/mol. The van der Waals surface area contributed by atoms with Crippen LogP contribution < -0.4 is 10.5 Å². The Balaban J connectivity index is 1.51. The highest BCUT2D eigenvalue weighted by atomic mass is 35.5. The van der Waals surface area contributed by atoms with Gasteiger partial charge in [0.05, 0.1) is 35.2 Å². The fourth-order valence-corrected chi connectivity index (χ4v) is 5.28. The second-order valence-corrected chi connectivity index (χ2v) is 9.62. The van der Waals surface area contributed by atoms with Crippen LogP contribution in [0.4, 0.5) is 5.69 Å². The maximum absolute atomic E-state index is 13.5. The van der Waals surface area contributed by atoms with E-state index in [4.69, 9.17) is 23.2 Å². The number of aromatic nitrogens is 1. The molecule has 1 aromatic heterocycles. The number of aliphatic imine (C=N–C) groups is 1. The van der Waals surface area contributed by atoms with Gasteiger partial charge in [0.2, 0.25) is 0 Å². The van der Waals surface area contributed by atoms with Gasteiger partial charge in [-0.05, 0) is 62.1 Å². The van der Waals surface area contributed by atoms with Gasteiger partial charge in [-0.2, -0.15) is 0 Å². The Morgan fingerprint density at radius 2 is 1.84 bits per heavy atom. The van der Waals surface area contributed by atoms with E-state index in [0.717, 1.165) is 29.7 Å². The summed E-state index contributed by atoms with van der Waals surface area (Å²) < 4.78 is 1.65. The Hall–Kier alpha value is -2.57. The van der Waals surface area contributed by atoms with E-state index in [2.05, 4.69) is 4.99 Å². The number of carbonyl (C=O) groups is 1. The third-order valence-corrected chi connectivity index (χ3v) is 7.25. The first-order valence-electron chi connectivity index (χ1n) is 10.8. The summed E-state index contributed by atoms with van der Waals surface area (Å²) in [4.78, 5) is 35.3. The van der Waals surface area contributed by atoms with Crippen LogP contribution in [0.5, 0.6) is 0 Å². The largest absolute Gasteiger partial charge is 0.338 e. The smallest absolute Gasteiger partial charge is 0.275 e. The van der Waals surface area contributed by atoms with E-state index in [1.54, 1.807) is 22.8 Å². The van der Waals surface area contributed by atoms with Gasteiger partial charge in [0.1, 0.15) is 11.4 Å². The third-order valence-electron chi connectivity index (χ3n) is 6.52. The number of benzene rings is 1. The van der Waals surface area contributed by atoms with Gasteiger partial charge in [0, 0.05) is 18.5 Å². The number of hydrogen-bond acceptors (Lipinski definition) is 4. The van der Waals surface area contributed by atoms with Crippen molar-refractivity contribution in [3.8, 4) is 0 Å². The van der Waals surface area contributed by atoms with Crippen LogP contribution in [0.3, 0.4) is 0 Å². The quantitative estimate of drug-likeness (QED) is 0.638. The Labute approximate surface area is 196 Å². The van der Waals surface area contributed by atoms with Gasteiger partial charge in [-0.1, -0.05) is 29.3 Å². The van der Waals surface area contributed by atoms with Crippen LogP contribution in [-0.2, 0) is 6.54 Å². The number of amides is 1. The van der Waals surface area contributed by atoms with Crippen LogP contribution in [0.2, 0.25) is 10.0 Å². The molecule has 32 heavy (non-hydrogen) atoms. The fraction of sp³-hybridized carbons (Fsp3) is 0.375. The first-order valence-corrected chi connectivity index (χ1v) is 11.5. The predicted octanol–water partition coefficient (Wildman–Crippen LogP) is 4.70. The van der Waals surface area contributed by atoms with Gasteiger partial charge in [0.25, 0.3) is 11.5 Å². The summed E-state index contributed by atoms with van der Waals surface area (Å²) in [7, 11) is 0. The van der Waals surface area contributed by atoms with Crippen molar-refractivity contribution in [2.75, 3.05) is 18.0 Å². The highest BCUT2D eigenvalue weighted by Gasteiger charge is 2.43. The van der Waals surface area contributed by atoms with E-state index in [9.17, 15) is 9.59 Å². The summed E-state index contributed by atoms with van der Waals surface area (Å²) in [5.41, 5.74) is 3.91. The number of fused-ring (bicyclic) bond motifs is 2. The molecule has 0 N–H and O–H groups in total. The molecule has 3 aliphatic rings. The van der Waals surface area contributed by atoms with E-state index in [-0.39, 0.29) is 23.6 Å². The molecule has 1 saturated heterocycles. The first kappa shape index (κ1) is 21.3. The molecule has 2 unspecified atom stereocenters. The number of nitrogens with zero attached hydrogens (tertiary/aromatic N) is 4. The molecule has 4 heterocycles. The molecular formula is C24H24Cl2N4O2. The Bertz CT molecular complexity index is 1230. The maximum Gasteiger partial charge on any atom is 0.275 e. The summed E-state index contributed by atoms with van der Waals surface area (Å²) >= 11 is 12.3. The van der Waals surface area contributed by atoms with Crippen molar-refractivity contribution in [2.45, 2.75) is 45.3 Å². The first-order chi connectivity index (χ1) is 15.3. The van der Waals surface area contributed by atoms with Crippen LogP contribution >= 0.6 is 23.2 Å². The Morgan fingerprint density at radius 3 is 2.62 bits per heavy atom. The monoisotopic (exact) mass is 470 g/mol. The van der Waals surface area contributed by atoms with E-state index in [1.165, 1.54) is 0 Å².